The zero-order chi connectivity index (χ0) is 25.0. The van der Waals surface area contributed by atoms with Crippen LogP contribution in [0.1, 0.15) is 28.4 Å². The number of rotatable bonds is 12. The molecule has 0 radical (unpaired) electrons. The van der Waals surface area contributed by atoms with E-state index >= 15 is 0 Å². The van der Waals surface area contributed by atoms with Crippen LogP contribution in [0.15, 0.2) is 78.4 Å². The first-order valence-corrected chi connectivity index (χ1v) is 12.0. The van der Waals surface area contributed by atoms with Crippen LogP contribution in [0.4, 0.5) is 0 Å². The third kappa shape index (κ3) is 7.48. The smallest absolute Gasteiger partial charge is 0.271 e. The Hall–Kier alpha value is -3.53. The molecule has 0 atom stereocenters. The fourth-order valence-electron chi connectivity index (χ4n) is 3.10. The van der Waals surface area contributed by atoms with Gasteiger partial charge in [0.05, 0.1) is 23.5 Å². The summed E-state index contributed by atoms with van der Waals surface area (Å²) in [7, 11) is 1.51. The molecule has 8 heteroatoms. The van der Waals surface area contributed by atoms with Crippen LogP contribution in [0.3, 0.4) is 0 Å². The number of amides is 1. The van der Waals surface area contributed by atoms with E-state index in [9.17, 15) is 4.79 Å². The molecule has 0 saturated heterocycles. The molecule has 1 amide bonds. The molecular weight excluding hydrogens is 559 g/mol. The van der Waals surface area contributed by atoms with Gasteiger partial charge >= 0.3 is 0 Å². The van der Waals surface area contributed by atoms with E-state index in [1.54, 1.807) is 30.5 Å². The zero-order valence-corrected chi connectivity index (χ0v) is 21.8. The van der Waals surface area contributed by atoms with Crippen molar-refractivity contribution in [1.82, 2.24) is 5.43 Å². The number of carbonyl (C=O) groups is 1. The van der Waals surface area contributed by atoms with Crippen LogP contribution in [-0.4, -0.2) is 32.4 Å². The number of methoxy groups -OCH3 is 1. The summed E-state index contributed by atoms with van der Waals surface area (Å²) in [6.45, 7) is 6.80. The summed E-state index contributed by atoms with van der Waals surface area (Å²) in [5, 5.41) is 4.10. The van der Waals surface area contributed by atoms with Gasteiger partial charge in [0, 0.05) is 5.56 Å². The summed E-state index contributed by atoms with van der Waals surface area (Å²) in [6, 6.07) is 18.6. The van der Waals surface area contributed by atoms with Crippen LogP contribution in [0, 0.1) is 3.57 Å². The molecule has 3 aromatic carbocycles. The van der Waals surface area contributed by atoms with E-state index in [4.69, 9.17) is 18.9 Å². The number of carbonyl (C=O) groups excluding carboxylic acids is 1. The van der Waals surface area contributed by atoms with Gasteiger partial charge in [0.15, 0.2) is 23.0 Å². The number of hydrazone groups is 1. The molecule has 182 valence electrons. The first kappa shape index (κ1) is 26.1. The van der Waals surface area contributed by atoms with Gasteiger partial charge in [0.1, 0.15) is 13.2 Å². The average molecular weight is 586 g/mol. The molecule has 0 heterocycles. The van der Waals surface area contributed by atoms with Gasteiger partial charge in [-0.2, -0.15) is 5.10 Å². The van der Waals surface area contributed by atoms with Crippen LogP contribution in [0.5, 0.6) is 23.0 Å². The van der Waals surface area contributed by atoms with E-state index < -0.39 is 0 Å². The highest BCUT2D eigenvalue weighted by Gasteiger charge is 2.13. The van der Waals surface area contributed by atoms with Crippen molar-refractivity contribution >= 4 is 34.7 Å². The molecule has 0 spiro atoms. The second-order valence-corrected chi connectivity index (χ2v) is 8.36. The lowest BCUT2D eigenvalue weighted by Gasteiger charge is -2.14. The quantitative estimate of drug-likeness (QED) is 0.129. The van der Waals surface area contributed by atoms with Crippen molar-refractivity contribution in [2.24, 2.45) is 5.10 Å². The first-order chi connectivity index (χ1) is 17.0. The third-order valence-electron chi connectivity index (χ3n) is 4.72. The van der Waals surface area contributed by atoms with Gasteiger partial charge in [-0.3, -0.25) is 4.79 Å². The van der Waals surface area contributed by atoms with Gasteiger partial charge in [-0.05, 0) is 71.0 Å². The minimum Gasteiger partial charge on any atom is -0.493 e. The predicted molar refractivity (Wildman–Crippen MR) is 145 cm³/mol. The molecule has 3 rings (SSSR count). The van der Waals surface area contributed by atoms with Gasteiger partial charge in [0.25, 0.3) is 5.91 Å². The maximum absolute atomic E-state index is 12.6. The fraction of sp³-hybridized carbons (Fsp3) is 0.185. The molecule has 0 bridgehead atoms. The summed E-state index contributed by atoms with van der Waals surface area (Å²) in [5.41, 5.74) is 4.75. The maximum atomic E-state index is 12.6. The van der Waals surface area contributed by atoms with Gasteiger partial charge in [-0.15, -0.1) is 0 Å². The lowest BCUT2D eigenvalue weighted by Crippen LogP contribution is -2.17. The van der Waals surface area contributed by atoms with Gasteiger partial charge in [0.2, 0.25) is 0 Å². The first-order valence-electron chi connectivity index (χ1n) is 10.9. The van der Waals surface area contributed by atoms with Crippen molar-refractivity contribution in [3.63, 3.8) is 0 Å². The number of hydrogen-bond donors (Lipinski definition) is 1. The predicted octanol–water partition coefficient (Wildman–Crippen LogP) is 5.61. The molecule has 0 aliphatic heterocycles. The number of hydrogen-bond acceptors (Lipinski definition) is 6. The Morgan fingerprint density at radius 2 is 1.83 bits per heavy atom. The molecule has 0 saturated carbocycles. The number of nitrogens with one attached hydrogen (secondary N) is 1. The van der Waals surface area contributed by atoms with E-state index in [0.717, 1.165) is 14.7 Å². The number of nitrogens with zero attached hydrogens (tertiary/aromatic N) is 1. The Kier molecular flexibility index (Phi) is 9.97. The van der Waals surface area contributed by atoms with Crippen LogP contribution in [0.2, 0.25) is 0 Å². The van der Waals surface area contributed by atoms with Crippen LogP contribution < -0.4 is 24.4 Å². The second-order valence-electron chi connectivity index (χ2n) is 7.20. The highest BCUT2D eigenvalue weighted by Crippen LogP contribution is 2.34. The van der Waals surface area contributed by atoms with Crippen molar-refractivity contribution in [3.8, 4) is 23.0 Å². The van der Waals surface area contributed by atoms with Crippen LogP contribution >= 0.6 is 22.6 Å². The molecule has 0 aliphatic carbocycles. The third-order valence-corrected chi connectivity index (χ3v) is 5.52. The van der Waals surface area contributed by atoms with Crippen LogP contribution in [0.25, 0.3) is 0 Å². The number of ether oxygens (including phenoxy) is 4. The van der Waals surface area contributed by atoms with Crippen molar-refractivity contribution in [3.05, 3.63) is 93.6 Å². The summed E-state index contributed by atoms with van der Waals surface area (Å²) in [6.07, 6.45) is 3.19. The summed E-state index contributed by atoms with van der Waals surface area (Å²) < 4.78 is 23.5. The molecule has 3 aromatic rings. The van der Waals surface area contributed by atoms with Gasteiger partial charge in [-0.1, -0.05) is 43.0 Å². The monoisotopic (exact) mass is 586 g/mol. The Bertz CT molecular complexity index is 1180. The minimum absolute atomic E-state index is 0.338. The van der Waals surface area contributed by atoms with Crippen molar-refractivity contribution in [2.45, 2.75) is 13.5 Å². The normalized spacial score (nSPS) is 10.6. The molecular formula is C27H27IN2O5. The van der Waals surface area contributed by atoms with Gasteiger partial charge < -0.3 is 18.9 Å². The maximum Gasteiger partial charge on any atom is 0.271 e. The van der Waals surface area contributed by atoms with Crippen LogP contribution in [-0.2, 0) is 6.61 Å². The summed E-state index contributed by atoms with van der Waals surface area (Å²) in [4.78, 5) is 12.6. The molecule has 0 aliphatic rings. The SMILES string of the molecule is C=CCOc1ccc(C(=O)N/N=C/c2cc(I)c(OCc3ccccc3)c(OCC)c2)cc1OC. The minimum atomic E-state index is -0.377. The lowest BCUT2D eigenvalue weighted by atomic mass is 10.2. The van der Waals surface area contributed by atoms with E-state index in [1.807, 2.05) is 49.4 Å². The Morgan fingerprint density at radius 3 is 2.54 bits per heavy atom. The molecule has 0 unspecified atom stereocenters. The highest BCUT2D eigenvalue weighted by atomic mass is 127. The molecule has 7 nitrogen and oxygen atoms in total. The fourth-order valence-corrected chi connectivity index (χ4v) is 3.88. The number of halogens is 1. The number of benzene rings is 3. The van der Waals surface area contributed by atoms with Crippen molar-refractivity contribution < 1.29 is 23.7 Å². The highest BCUT2D eigenvalue weighted by molar-refractivity contribution is 14.1. The van der Waals surface area contributed by atoms with Crippen molar-refractivity contribution in [2.75, 3.05) is 20.3 Å². The standard InChI is InChI=1S/C27H27IN2O5/c1-4-13-34-23-12-11-21(16-24(23)32-3)27(31)30-29-17-20-14-22(28)26(25(15-20)33-5-2)35-18-19-9-7-6-8-10-19/h4,6-12,14-17H,1,5,13,18H2,2-3H3,(H,30,31)/b29-17+. The van der Waals surface area contributed by atoms with E-state index in [2.05, 4.69) is 39.7 Å². The Labute approximate surface area is 218 Å². The Morgan fingerprint density at radius 1 is 1.03 bits per heavy atom. The zero-order valence-electron chi connectivity index (χ0n) is 19.6. The molecule has 1 N–H and O–H groups in total. The van der Waals surface area contributed by atoms with Crippen molar-refractivity contribution in [1.29, 1.82) is 0 Å². The average Bonchev–Trinajstić information content (AvgIpc) is 2.87. The lowest BCUT2D eigenvalue weighted by molar-refractivity contribution is 0.0954. The molecule has 35 heavy (non-hydrogen) atoms. The second kappa shape index (κ2) is 13.4. The van der Waals surface area contributed by atoms with Gasteiger partial charge in [-0.25, -0.2) is 5.43 Å². The molecule has 0 fully saturated rings. The molecule has 0 aromatic heterocycles. The van der Waals surface area contributed by atoms with E-state index in [-0.39, 0.29) is 5.91 Å². The summed E-state index contributed by atoms with van der Waals surface area (Å²) in [5.74, 6) is 1.88. The Balaban J connectivity index is 1.70. The topological polar surface area (TPSA) is 78.4 Å². The van der Waals surface area contributed by atoms with E-state index in [0.29, 0.717) is 48.4 Å². The largest absolute Gasteiger partial charge is 0.493 e. The van der Waals surface area contributed by atoms with E-state index in [1.165, 1.54) is 7.11 Å². The summed E-state index contributed by atoms with van der Waals surface area (Å²) >= 11 is 2.20.